The molecule has 0 saturated heterocycles. The van der Waals surface area contributed by atoms with Crippen LogP contribution in [-0.4, -0.2) is 34.7 Å². The van der Waals surface area contributed by atoms with E-state index in [9.17, 15) is 18.0 Å². The third-order valence-corrected chi connectivity index (χ3v) is 6.45. The second kappa shape index (κ2) is 8.33. The fourth-order valence-corrected chi connectivity index (χ4v) is 4.50. The quantitative estimate of drug-likeness (QED) is 0.607. The molecular weight excluding hydrogens is 429 g/mol. The number of rotatable bonds is 4. The number of anilines is 1. The highest BCUT2D eigenvalue weighted by atomic mass is 32.1. The Bertz CT molecular complexity index is 1160. The van der Waals surface area contributed by atoms with Crippen LogP contribution in [0.5, 0.6) is 5.75 Å². The molecule has 10 heteroatoms. The van der Waals surface area contributed by atoms with Crippen LogP contribution in [0, 0.1) is 6.92 Å². The van der Waals surface area contributed by atoms with Crippen molar-refractivity contribution < 1.29 is 17.9 Å². The summed E-state index contributed by atoms with van der Waals surface area (Å²) in [5, 5.41) is 0. The lowest BCUT2D eigenvalue weighted by Gasteiger charge is -2.21. The number of halogens is 3. The van der Waals surface area contributed by atoms with Gasteiger partial charge in [0.05, 0.1) is 13.7 Å². The molecular formula is C21H21F3N4O2S. The molecule has 6 nitrogen and oxygen atoms in total. The molecule has 0 aliphatic carbocycles. The summed E-state index contributed by atoms with van der Waals surface area (Å²) in [6.45, 7) is 3.00. The third-order valence-electron chi connectivity index (χ3n) is 5.33. The summed E-state index contributed by atoms with van der Waals surface area (Å²) in [6, 6.07) is 8.43. The number of hydrogen-bond acceptors (Lipinski definition) is 6. The normalized spacial score (nSPS) is 14.3. The minimum absolute atomic E-state index is 0.0108. The summed E-state index contributed by atoms with van der Waals surface area (Å²) in [5.41, 5.74) is 1.91. The van der Waals surface area contributed by atoms with Crippen molar-refractivity contribution in [2.45, 2.75) is 32.5 Å². The van der Waals surface area contributed by atoms with Crippen molar-refractivity contribution in [1.82, 2.24) is 14.5 Å². The van der Waals surface area contributed by atoms with Crippen molar-refractivity contribution in [2.75, 3.05) is 25.1 Å². The highest BCUT2D eigenvalue weighted by Gasteiger charge is 2.32. The monoisotopic (exact) mass is 450 g/mol. The molecule has 0 radical (unpaired) electrons. The van der Waals surface area contributed by atoms with Crippen LogP contribution < -0.4 is 15.3 Å². The first-order chi connectivity index (χ1) is 14.7. The molecule has 0 N–H and O–H groups in total. The Morgan fingerprint density at radius 2 is 1.84 bits per heavy atom. The number of ether oxygens (including phenoxy) is 1. The SMILES string of the molecule is COc1ccc2c(c1)CCN(c1nc(C)n(Cc3ccc(C(F)(F)F)s3)c(=O)n1)CC2. The Morgan fingerprint density at radius 3 is 2.48 bits per heavy atom. The van der Waals surface area contributed by atoms with Crippen LogP contribution in [0.3, 0.4) is 0 Å². The van der Waals surface area contributed by atoms with Crippen molar-refractivity contribution in [2.24, 2.45) is 0 Å². The van der Waals surface area contributed by atoms with Gasteiger partial charge in [0, 0.05) is 18.0 Å². The number of alkyl halides is 3. The average Bonchev–Trinajstić information content (AvgIpc) is 3.10. The molecule has 2 aromatic heterocycles. The highest BCUT2D eigenvalue weighted by molar-refractivity contribution is 7.12. The first kappa shape index (κ1) is 21.4. The van der Waals surface area contributed by atoms with Crippen LogP contribution >= 0.6 is 11.3 Å². The first-order valence-electron chi connectivity index (χ1n) is 9.77. The zero-order valence-corrected chi connectivity index (χ0v) is 17.9. The Hall–Kier alpha value is -2.88. The van der Waals surface area contributed by atoms with E-state index in [4.69, 9.17) is 4.74 Å². The van der Waals surface area contributed by atoms with Gasteiger partial charge in [0.25, 0.3) is 0 Å². The number of aryl methyl sites for hydroxylation is 1. The Kier molecular flexibility index (Phi) is 5.74. The summed E-state index contributed by atoms with van der Waals surface area (Å²) in [5.74, 6) is 1.57. The number of fused-ring (bicyclic) bond motifs is 1. The lowest BCUT2D eigenvalue weighted by Crippen LogP contribution is -2.34. The molecule has 0 saturated carbocycles. The summed E-state index contributed by atoms with van der Waals surface area (Å²) in [6.07, 6.45) is -2.83. The van der Waals surface area contributed by atoms with Gasteiger partial charge < -0.3 is 9.64 Å². The molecule has 164 valence electrons. The fourth-order valence-electron chi connectivity index (χ4n) is 3.64. The lowest BCUT2D eigenvalue weighted by molar-refractivity contribution is -0.134. The van der Waals surface area contributed by atoms with Crippen molar-refractivity contribution >= 4 is 17.3 Å². The van der Waals surface area contributed by atoms with Crippen molar-refractivity contribution in [3.63, 3.8) is 0 Å². The van der Waals surface area contributed by atoms with Gasteiger partial charge in [0.2, 0.25) is 5.95 Å². The number of hydrogen-bond donors (Lipinski definition) is 0. The van der Waals surface area contributed by atoms with Crippen LogP contribution in [0.1, 0.15) is 26.7 Å². The minimum Gasteiger partial charge on any atom is -0.497 e. The van der Waals surface area contributed by atoms with Gasteiger partial charge in [0.15, 0.2) is 0 Å². The number of aromatic nitrogens is 3. The molecule has 3 aromatic rings. The fraction of sp³-hybridized carbons (Fsp3) is 0.381. The highest BCUT2D eigenvalue weighted by Crippen LogP contribution is 2.34. The zero-order valence-electron chi connectivity index (χ0n) is 17.1. The van der Waals surface area contributed by atoms with Crippen molar-refractivity contribution in [1.29, 1.82) is 0 Å². The Labute approximate surface area is 181 Å². The van der Waals surface area contributed by atoms with Crippen LogP contribution in [0.25, 0.3) is 0 Å². The summed E-state index contributed by atoms with van der Waals surface area (Å²) >= 11 is 0.622. The molecule has 0 amide bonds. The molecule has 0 unspecified atom stereocenters. The molecule has 4 rings (SSSR count). The largest absolute Gasteiger partial charge is 0.497 e. The number of nitrogens with zero attached hydrogens (tertiary/aromatic N) is 4. The molecule has 0 fully saturated rings. The van der Waals surface area contributed by atoms with Crippen molar-refractivity contribution in [3.8, 4) is 5.75 Å². The summed E-state index contributed by atoms with van der Waals surface area (Å²) in [4.78, 5) is 23.0. The molecule has 0 bridgehead atoms. The van der Waals surface area contributed by atoms with E-state index >= 15 is 0 Å². The van der Waals surface area contributed by atoms with Gasteiger partial charge in [-0.1, -0.05) is 6.07 Å². The van der Waals surface area contributed by atoms with E-state index in [0.717, 1.165) is 24.7 Å². The van der Waals surface area contributed by atoms with E-state index < -0.39 is 16.7 Å². The number of methoxy groups -OCH3 is 1. The maximum Gasteiger partial charge on any atom is 0.425 e. The standard InChI is InChI=1S/C21H21F3N4O2S/c1-13-25-19(27-9-7-14-3-4-16(30-2)11-15(14)8-10-27)26-20(29)28(13)12-17-5-6-18(31-17)21(22,23)24/h3-6,11H,7-10,12H2,1-2H3. The maximum absolute atomic E-state index is 12.8. The van der Waals surface area contributed by atoms with E-state index in [0.29, 0.717) is 41.1 Å². The predicted molar refractivity (Wildman–Crippen MR) is 112 cm³/mol. The van der Waals surface area contributed by atoms with E-state index in [-0.39, 0.29) is 6.54 Å². The molecule has 3 heterocycles. The van der Waals surface area contributed by atoms with Gasteiger partial charge in [-0.05, 0) is 55.2 Å². The molecule has 31 heavy (non-hydrogen) atoms. The third kappa shape index (κ3) is 4.58. The van der Waals surface area contributed by atoms with Crippen LogP contribution in [0.15, 0.2) is 35.1 Å². The predicted octanol–water partition coefficient (Wildman–Crippen LogP) is 3.69. The second-order valence-corrected chi connectivity index (χ2v) is 8.49. The summed E-state index contributed by atoms with van der Waals surface area (Å²) in [7, 11) is 1.64. The van der Waals surface area contributed by atoms with E-state index in [2.05, 4.69) is 16.0 Å². The molecule has 1 aromatic carbocycles. The van der Waals surface area contributed by atoms with Gasteiger partial charge in [-0.3, -0.25) is 4.57 Å². The molecule has 1 aliphatic rings. The first-order valence-corrected chi connectivity index (χ1v) is 10.6. The van der Waals surface area contributed by atoms with Gasteiger partial charge in [-0.25, -0.2) is 4.79 Å². The Balaban J connectivity index is 1.53. The van der Waals surface area contributed by atoms with Crippen LogP contribution in [0.4, 0.5) is 19.1 Å². The topological polar surface area (TPSA) is 60.2 Å². The summed E-state index contributed by atoms with van der Waals surface area (Å²) < 4.78 is 45.1. The second-order valence-electron chi connectivity index (χ2n) is 7.32. The van der Waals surface area contributed by atoms with Crippen LogP contribution in [-0.2, 0) is 25.6 Å². The van der Waals surface area contributed by atoms with Gasteiger partial charge in [-0.15, -0.1) is 11.3 Å². The van der Waals surface area contributed by atoms with E-state index in [1.165, 1.54) is 21.8 Å². The molecule has 0 atom stereocenters. The van der Waals surface area contributed by atoms with Crippen LogP contribution in [0.2, 0.25) is 0 Å². The Morgan fingerprint density at radius 1 is 1.10 bits per heavy atom. The number of thiophene rings is 1. The zero-order chi connectivity index (χ0) is 22.2. The molecule has 0 spiro atoms. The van der Waals surface area contributed by atoms with Gasteiger partial charge >= 0.3 is 11.9 Å². The number of benzene rings is 1. The smallest absolute Gasteiger partial charge is 0.425 e. The van der Waals surface area contributed by atoms with Crippen molar-refractivity contribution in [3.05, 3.63) is 67.5 Å². The van der Waals surface area contributed by atoms with Gasteiger partial charge in [0.1, 0.15) is 16.5 Å². The van der Waals surface area contributed by atoms with Gasteiger partial charge in [-0.2, -0.15) is 23.1 Å². The minimum atomic E-state index is -4.39. The maximum atomic E-state index is 12.8. The van der Waals surface area contributed by atoms with E-state index in [1.54, 1.807) is 14.0 Å². The average molecular weight is 450 g/mol. The molecule has 1 aliphatic heterocycles. The lowest BCUT2D eigenvalue weighted by atomic mass is 10.0. The van der Waals surface area contributed by atoms with E-state index in [1.807, 2.05) is 17.0 Å².